The number of benzene rings is 2. The molecule has 1 spiro atoms. The number of carbonyl (C=O) groups is 1. The molecule has 0 radical (unpaired) electrons. The predicted molar refractivity (Wildman–Crippen MR) is 117 cm³/mol. The molecule has 0 aliphatic carbocycles. The molecule has 3 aliphatic heterocycles. The molecule has 0 saturated carbocycles. The highest BCUT2D eigenvalue weighted by atomic mass is 16.5. The Morgan fingerprint density at radius 3 is 2.68 bits per heavy atom. The maximum Gasteiger partial charge on any atom is 0.209 e. The Morgan fingerprint density at radius 2 is 1.94 bits per heavy atom. The van der Waals surface area contributed by atoms with Crippen LogP contribution in [0.2, 0.25) is 0 Å². The second-order valence-corrected chi connectivity index (χ2v) is 9.34. The number of aliphatic hydroxyl groups is 1. The van der Waals surface area contributed by atoms with Crippen LogP contribution >= 0.6 is 0 Å². The van der Waals surface area contributed by atoms with E-state index in [0.717, 1.165) is 30.6 Å². The van der Waals surface area contributed by atoms with Crippen molar-refractivity contribution in [2.45, 2.75) is 56.4 Å². The van der Waals surface area contributed by atoms with Crippen molar-refractivity contribution in [2.75, 3.05) is 19.6 Å². The van der Waals surface area contributed by atoms with Gasteiger partial charge in [0.2, 0.25) is 6.41 Å². The van der Waals surface area contributed by atoms with Crippen LogP contribution in [0, 0.1) is 6.92 Å². The van der Waals surface area contributed by atoms with Gasteiger partial charge in [0.1, 0.15) is 6.10 Å². The third-order valence-electron chi connectivity index (χ3n) is 7.96. The van der Waals surface area contributed by atoms with E-state index in [2.05, 4.69) is 24.0 Å². The van der Waals surface area contributed by atoms with E-state index in [0.29, 0.717) is 31.7 Å². The van der Waals surface area contributed by atoms with Gasteiger partial charge in [-0.1, -0.05) is 36.4 Å². The number of aromatic hydroxyl groups is 1. The van der Waals surface area contributed by atoms with Crippen molar-refractivity contribution in [3.63, 3.8) is 0 Å². The first-order valence-corrected chi connectivity index (χ1v) is 11.1. The lowest BCUT2D eigenvalue weighted by Crippen LogP contribution is -2.70. The van der Waals surface area contributed by atoms with Gasteiger partial charge in [-0.3, -0.25) is 9.69 Å². The minimum Gasteiger partial charge on any atom is -0.504 e. The third kappa shape index (κ3) is 2.81. The number of fused-ring (bicyclic) bond motifs is 1. The molecule has 6 nitrogen and oxygen atoms in total. The van der Waals surface area contributed by atoms with Gasteiger partial charge in [-0.25, -0.2) is 0 Å². The van der Waals surface area contributed by atoms with E-state index in [9.17, 15) is 15.0 Å². The van der Waals surface area contributed by atoms with Gasteiger partial charge < -0.3 is 19.8 Å². The van der Waals surface area contributed by atoms with E-state index >= 15 is 0 Å². The molecule has 6 heteroatoms. The average molecular weight is 423 g/mol. The van der Waals surface area contributed by atoms with E-state index < -0.39 is 17.1 Å². The zero-order valence-corrected chi connectivity index (χ0v) is 18.1. The SMILES string of the molecule is Cc1ccc(O)c2c1C13CCN(Cc4ccccc4)C(C)C1(O)CCN(C=O)C[C@@H]3O2. The number of carbonyl (C=O) groups excluding carboxylic acids is 1. The van der Waals surface area contributed by atoms with Crippen LogP contribution in [-0.4, -0.2) is 63.8 Å². The largest absolute Gasteiger partial charge is 0.504 e. The van der Waals surface area contributed by atoms with Gasteiger partial charge >= 0.3 is 0 Å². The second-order valence-electron chi connectivity index (χ2n) is 9.34. The molecule has 3 aliphatic rings. The number of nitrogens with zero attached hydrogens (tertiary/aromatic N) is 2. The van der Waals surface area contributed by atoms with Crippen LogP contribution in [0.25, 0.3) is 0 Å². The van der Waals surface area contributed by atoms with E-state index in [-0.39, 0.29) is 11.8 Å². The monoisotopic (exact) mass is 422 g/mol. The first kappa shape index (κ1) is 20.3. The van der Waals surface area contributed by atoms with Crippen LogP contribution in [-0.2, 0) is 16.8 Å². The molecule has 31 heavy (non-hydrogen) atoms. The zero-order chi connectivity index (χ0) is 21.8. The fourth-order valence-electron chi connectivity index (χ4n) is 6.31. The third-order valence-corrected chi connectivity index (χ3v) is 7.96. The molecule has 0 bridgehead atoms. The Hall–Kier alpha value is -2.57. The lowest BCUT2D eigenvalue weighted by Gasteiger charge is -2.57. The Morgan fingerprint density at radius 1 is 1.16 bits per heavy atom. The van der Waals surface area contributed by atoms with Crippen molar-refractivity contribution in [3.8, 4) is 11.5 Å². The number of piperidine rings is 1. The molecule has 0 aromatic heterocycles. The first-order chi connectivity index (χ1) is 14.9. The molecule has 1 amide bonds. The van der Waals surface area contributed by atoms with Crippen molar-refractivity contribution >= 4 is 6.41 Å². The summed E-state index contributed by atoms with van der Waals surface area (Å²) in [7, 11) is 0. The smallest absolute Gasteiger partial charge is 0.209 e. The summed E-state index contributed by atoms with van der Waals surface area (Å²) >= 11 is 0. The van der Waals surface area contributed by atoms with Crippen molar-refractivity contribution < 1.29 is 19.7 Å². The minimum absolute atomic E-state index is 0.0995. The maximum atomic E-state index is 12.5. The number of amides is 1. The standard InChI is InChI=1S/C25H30N2O4/c1-17-8-9-20(29)23-22(17)24-10-13-27(14-19-6-4-3-5-7-19)18(2)25(24,30)11-12-26(16-28)15-21(24)31-23/h3-9,16,18,21,29-30H,10-15H2,1-2H3/t18?,21-,24?,25?/m0/s1. The van der Waals surface area contributed by atoms with Crippen molar-refractivity contribution in [1.82, 2.24) is 9.80 Å². The van der Waals surface area contributed by atoms with Crippen LogP contribution in [0.3, 0.4) is 0 Å². The topological polar surface area (TPSA) is 73.2 Å². The summed E-state index contributed by atoms with van der Waals surface area (Å²) < 4.78 is 6.33. The van der Waals surface area contributed by atoms with E-state index in [1.807, 2.05) is 31.2 Å². The molecule has 2 N–H and O–H groups in total. The van der Waals surface area contributed by atoms with E-state index in [4.69, 9.17) is 4.74 Å². The van der Waals surface area contributed by atoms with Gasteiger partial charge in [0, 0.05) is 24.7 Å². The van der Waals surface area contributed by atoms with Crippen LogP contribution in [0.4, 0.5) is 0 Å². The summed E-state index contributed by atoms with van der Waals surface area (Å²) in [6.45, 7) is 6.56. The van der Waals surface area contributed by atoms with Gasteiger partial charge in [-0.15, -0.1) is 0 Å². The van der Waals surface area contributed by atoms with Gasteiger partial charge in [-0.2, -0.15) is 0 Å². The molecule has 164 valence electrons. The number of phenols is 1. The molecule has 2 aromatic carbocycles. The first-order valence-electron chi connectivity index (χ1n) is 11.1. The molecule has 3 heterocycles. The summed E-state index contributed by atoms with van der Waals surface area (Å²) in [6, 6.07) is 13.7. The summed E-state index contributed by atoms with van der Waals surface area (Å²) in [6.07, 6.45) is 1.62. The van der Waals surface area contributed by atoms with Crippen LogP contribution in [0.15, 0.2) is 42.5 Å². The molecule has 2 fully saturated rings. The summed E-state index contributed by atoms with van der Waals surface area (Å²) in [5, 5.41) is 23.1. The lowest BCUT2D eigenvalue weighted by molar-refractivity contribution is -0.152. The predicted octanol–water partition coefficient (Wildman–Crippen LogP) is 2.59. The Bertz CT molecular complexity index is 997. The highest BCUT2D eigenvalue weighted by Crippen LogP contribution is 2.60. The Labute approximate surface area is 183 Å². The highest BCUT2D eigenvalue weighted by molar-refractivity contribution is 5.60. The van der Waals surface area contributed by atoms with E-state index in [1.165, 1.54) is 5.56 Å². The second kappa shape index (κ2) is 7.24. The zero-order valence-electron chi connectivity index (χ0n) is 18.1. The Balaban J connectivity index is 1.62. The quantitative estimate of drug-likeness (QED) is 0.744. The molecular formula is C25H30N2O4. The summed E-state index contributed by atoms with van der Waals surface area (Å²) in [4.78, 5) is 15.8. The number of hydrogen-bond acceptors (Lipinski definition) is 5. The molecular weight excluding hydrogens is 392 g/mol. The van der Waals surface area contributed by atoms with Crippen molar-refractivity contribution in [1.29, 1.82) is 0 Å². The normalized spacial score (nSPS) is 32.4. The summed E-state index contributed by atoms with van der Waals surface area (Å²) in [5.41, 5.74) is 1.36. The molecule has 5 rings (SSSR count). The number of likely N-dealkylation sites (tertiary alicyclic amines) is 2. The van der Waals surface area contributed by atoms with Gasteiger partial charge in [0.05, 0.1) is 17.6 Å². The summed E-state index contributed by atoms with van der Waals surface area (Å²) in [5.74, 6) is 0.572. The van der Waals surface area contributed by atoms with Gasteiger partial charge in [0.15, 0.2) is 11.5 Å². The molecule has 4 atom stereocenters. The number of rotatable bonds is 3. The van der Waals surface area contributed by atoms with Crippen molar-refractivity contribution in [3.05, 3.63) is 59.2 Å². The Kier molecular flexibility index (Phi) is 4.75. The van der Waals surface area contributed by atoms with Crippen molar-refractivity contribution in [2.24, 2.45) is 0 Å². The molecule has 3 unspecified atom stereocenters. The van der Waals surface area contributed by atoms with Crippen LogP contribution in [0.5, 0.6) is 11.5 Å². The number of ether oxygens (including phenoxy) is 1. The van der Waals surface area contributed by atoms with Crippen LogP contribution in [0.1, 0.15) is 36.5 Å². The molecule has 2 saturated heterocycles. The number of hydrogen-bond donors (Lipinski definition) is 2. The van der Waals surface area contributed by atoms with E-state index in [1.54, 1.807) is 11.0 Å². The molecule has 2 aromatic rings. The average Bonchev–Trinajstić information content (AvgIpc) is 3.05. The van der Waals surface area contributed by atoms with Gasteiger partial charge in [-0.05, 0) is 50.4 Å². The fraction of sp³-hybridized carbons (Fsp3) is 0.480. The maximum absolute atomic E-state index is 12.5. The number of aryl methyl sites for hydroxylation is 1. The van der Waals surface area contributed by atoms with Gasteiger partial charge in [0.25, 0.3) is 0 Å². The number of phenolic OH excluding ortho intramolecular Hbond substituents is 1. The highest BCUT2D eigenvalue weighted by Gasteiger charge is 2.67. The minimum atomic E-state index is -1.10. The fourth-order valence-corrected chi connectivity index (χ4v) is 6.31. The van der Waals surface area contributed by atoms with Crippen LogP contribution < -0.4 is 4.74 Å². The lowest BCUT2D eigenvalue weighted by atomic mass is 9.56.